The van der Waals surface area contributed by atoms with E-state index in [1.807, 2.05) is 6.92 Å². The Kier molecular flexibility index (Phi) is 8.49. The number of nitrogens with zero attached hydrogens (tertiary/aromatic N) is 1. The molecule has 1 heterocycles. The van der Waals surface area contributed by atoms with E-state index in [0.717, 1.165) is 56.5 Å². The van der Waals surface area contributed by atoms with Crippen LogP contribution in [0.2, 0.25) is 0 Å². The highest BCUT2D eigenvalue weighted by Gasteiger charge is 2.62. The lowest BCUT2D eigenvalue weighted by atomic mass is 9.44. The maximum atomic E-state index is 13.2. The van der Waals surface area contributed by atoms with Gasteiger partial charge in [0.25, 0.3) is 10.1 Å². The Hall–Kier alpha value is -0.410. The minimum atomic E-state index is -3.55. The summed E-state index contributed by atoms with van der Waals surface area (Å²) in [6, 6.07) is 0.0849. The third-order valence-corrected chi connectivity index (χ3v) is 12.8. The van der Waals surface area contributed by atoms with Crippen molar-refractivity contribution < 1.29 is 22.1 Å². The third-order valence-electron chi connectivity index (χ3n) is 12.1. The Morgan fingerprint density at radius 3 is 2.49 bits per heavy atom. The van der Waals surface area contributed by atoms with Crippen LogP contribution >= 0.6 is 12.2 Å². The summed E-state index contributed by atoms with van der Waals surface area (Å²) in [7, 11) is -3.55. The SMILES string of the molecule is CC(=S)CC(=O)[C@H]1CC[C@H]2[C@@H]3CC[C@H]4C[C@H](OS(C)(=O)=O)[C@@H](N5CCO[C@H](C(C)C)C5)C[C@]4(C)[C@H]3CC[C@]12C. The van der Waals surface area contributed by atoms with Gasteiger partial charge in [-0.15, -0.1) is 0 Å². The van der Waals surface area contributed by atoms with Gasteiger partial charge < -0.3 is 4.74 Å². The zero-order chi connectivity index (χ0) is 28.3. The normalized spacial score (nSPS) is 44.9. The van der Waals surface area contributed by atoms with Crippen molar-refractivity contribution in [2.45, 2.75) is 111 Å². The fourth-order valence-electron chi connectivity index (χ4n) is 10.3. The minimum Gasteiger partial charge on any atom is -0.375 e. The standard InChI is InChI=1S/C31H51NO5S2/c1-19(2)29-18-32(13-14-36-29)26-17-31(5)21(16-28(26)37-39(6,34)35)7-8-22-23-9-10-25(27(33)15-20(3)38)30(23,4)12-11-24(22)31/h19,21-26,28-29H,7-18H2,1-6H3/t21-,22-,23-,24-,25+,26-,28-,29-,30-,31-/m0/s1. The Labute approximate surface area is 242 Å². The van der Waals surface area contributed by atoms with E-state index >= 15 is 0 Å². The second-order valence-electron chi connectivity index (χ2n) is 14.7. The third kappa shape index (κ3) is 5.68. The van der Waals surface area contributed by atoms with E-state index in [4.69, 9.17) is 21.1 Å². The van der Waals surface area contributed by atoms with Crippen LogP contribution in [0.3, 0.4) is 0 Å². The smallest absolute Gasteiger partial charge is 0.264 e. The van der Waals surface area contributed by atoms with Gasteiger partial charge in [0.15, 0.2) is 0 Å². The average Bonchev–Trinajstić information content (AvgIpc) is 3.20. The second-order valence-corrected chi connectivity index (χ2v) is 17.0. The van der Waals surface area contributed by atoms with E-state index in [0.29, 0.717) is 48.4 Å². The van der Waals surface area contributed by atoms with Gasteiger partial charge in [-0.1, -0.05) is 39.9 Å². The number of hydrogen-bond acceptors (Lipinski definition) is 7. The first-order chi connectivity index (χ1) is 18.2. The molecule has 0 spiro atoms. The van der Waals surface area contributed by atoms with Crippen molar-refractivity contribution >= 4 is 33.0 Å². The van der Waals surface area contributed by atoms with Crippen LogP contribution in [0.1, 0.15) is 92.4 Å². The van der Waals surface area contributed by atoms with E-state index in [9.17, 15) is 13.2 Å². The number of ether oxygens (including phenoxy) is 1. The monoisotopic (exact) mass is 581 g/mol. The zero-order valence-electron chi connectivity index (χ0n) is 25.0. The summed E-state index contributed by atoms with van der Waals surface area (Å²) >= 11 is 5.31. The van der Waals surface area contributed by atoms with E-state index in [2.05, 4.69) is 32.6 Å². The van der Waals surface area contributed by atoms with Crippen molar-refractivity contribution in [3.8, 4) is 0 Å². The van der Waals surface area contributed by atoms with Crippen molar-refractivity contribution in [1.29, 1.82) is 0 Å². The lowest BCUT2D eigenvalue weighted by Crippen LogP contribution is -2.62. The summed E-state index contributed by atoms with van der Waals surface area (Å²) < 4.78 is 36.7. The second kappa shape index (κ2) is 11.0. The number of ketones is 1. The lowest BCUT2D eigenvalue weighted by molar-refractivity contribution is -0.158. The maximum absolute atomic E-state index is 13.2. The summed E-state index contributed by atoms with van der Waals surface area (Å²) in [6.45, 7) is 13.6. The topological polar surface area (TPSA) is 72.9 Å². The van der Waals surface area contributed by atoms with Crippen LogP contribution in [0, 0.1) is 46.3 Å². The number of morpholine rings is 1. The highest BCUT2D eigenvalue weighted by Crippen LogP contribution is 2.68. The first-order valence-corrected chi connectivity index (χ1v) is 17.7. The van der Waals surface area contributed by atoms with Gasteiger partial charge in [0.05, 0.1) is 25.1 Å². The molecule has 0 bridgehead atoms. The summed E-state index contributed by atoms with van der Waals surface area (Å²) in [5.74, 6) is 3.30. The molecular formula is C31H51NO5S2. The summed E-state index contributed by atoms with van der Waals surface area (Å²) in [5.41, 5.74) is 0.252. The molecule has 6 nitrogen and oxygen atoms in total. The van der Waals surface area contributed by atoms with Crippen LogP contribution < -0.4 is 0 Å². The summed E-state index contributed by atoms with van der Waals surface area (Å²) in [5, 5.41) is 0. The molecule has 0 amide bonds. The maximum Gasteiger partial charge on any atom is 0.264 e. The molecule has 4 saturated carbocycles. The van der Waals surface area contributed by atoms with Crippen LogP contribution in [0.5, 0.6) is 0 Å². The Morgan fingerprint density at radius 1 is 1.10 bits per heavy atom. The zero-order valence-corrected chi connectivity index (χ0v) is 26.6. The molecule has 0 radical (unpaired) electrons. The lowest BCUT2D eigenvalue weighted by Gasteiger charge is -2.63. The number of hydrogen-bond donors (Lipinski definition) is 0. The summed E-state index contributed by atoms with van der Waals surface area (Å²) in [4.78, 5) is 16.6. The van der Waals surface area contributed by atoms with Gasteiger partial charge >= 0.3 is 0 Å². The van der Waals surface area contributed by atoms with Crippen molar-refractivity contribution in [2.24, 2.45) is 46.3 Å². The van der Waals surface area contributed by atoms with Crippen molar-refractivity contribution in [1.82, 2.24) is 4.90 Å². The van der Waals surface area contributed by atoms with Crippen LogP contribution in [0.15, 0.2) is 0 Å². The number of carbonyl (C=O) groups excluding carboxylic acids is 1. The predicted molar refractivity (Wildman–Crippen MR) is 158 cm³/mol. The molecule has 0 aromatic carbocycles. The molecular weight excluding hydrogens is 530 g/mol. The number of thiocarbonyl (C=S) groups is 1. The molecule has 0 aromatic heterocycles. The molecule has 0 N–H and O–H groups in total. The largest absolute Gasteiger partial charge is 0.375 e. The van der Waals surface area contributed by atoms with Gasteiger partial charge in [0.1, 0.15) is 5.78 Å². The molecule has 0 aromatic rings. The van der Waals surface area contributed by atoms with Crippen LogP contribution in [0.25, 0.3) is 0 Å². The minimum absolute atomic E-state index is 0.0849. The van der Waals surface area contributed by atoms with Gasteiger partial charge in [0, 0.05) is 31.5 Å². The van der Waals surface area contributed by atoms with Gasteiger partial charge in [-0.05, 0) is 104 Å². The van der Waals surface area contributed by atoms with E-state index in [1.54, 1.807) is 0 Å². The first-order valence-electron chi connectivity index (χ1n) is 15.5. The molecule has 8 heteroatoms. The predicted octanol–water partition coefficient (Wildman–Crippen LogP) is 5.67. The highest BCUT2D eigenvalue weighted by atomic mass is 32.2. The first kappa shape index (κ1) is 30.1. The Bertz CT molecular complexity index is 1060. The van der Waals surface area contributed by atoms with E-state index in [-0.39, 0.29) is 35.0 Å². The number of carbonyl (C=O) groups is 1. The molecule has 4 aliphatic carbocycles. The van der Waals surface area contributed by atoms with Crippen LogP contribution in [-0.2, 0) is 23.8 Å². The van der Waals surface area contributed by atoms with Crippen LogP contribution in [0.4, 0.5) is 0 Å². The van der Waals surface area contributed by atoms with Gasteiger partial charge in [-0.2, -0.15) is 8.42 Å². The molecule has 5 rings (SSSR count). The molecule has 222 valence electrons. The van der Waals surface area contributed by atoms with E-state index in [1.165, 1.54) is 19.1 Å². The van der Waals surface area contributed by atoms with Crippen molar-refractivity contribution in [2.75, 3.05) is 26.0 Å². The number of fused-ring (bicyclic) bond motifs is 5. The fourth-order valence-corrected chi connectivity index (χ4v) is 11.0. The highest BCUT2D eigenvalue weighted by molar-refractivity contribution is 7.86. The molecule has 5 fully saturated rings. The van der Waals surface area contributed by atoms with Gasteiger partial charge in [-0.25, -0.2) is 0 Å². The summed E-state index contributed by atoms with van der Waals surface area (Å²) in [6.07, 6.45) is 10.1. The van der Waals surface area contributed by atoms with Crippen molar-refractivity contribution in [3.63, 3.8) is 0 Å². The molecule has 5 aliphatic rings. The average molecular weight is 582 g/mol. The molecule has 10 atom stereocenters. The Balaban J connectivity index is 1.40. The molecule has 1 saturated heterocycles. The van der Waals surface area contributed by atoms with Gasteiger partial charge in [-0.3, -0.25) is 13.9 Å². The van der Waals surface area contributed by atoms with Crippen LogP contribution in [-0.4, -0.2) is 68.2 Å². The number of rotatable bonds is 7. The Morgan fingerprint density at radius 2 is 1.82 bits per heavy atom. The van der Waals surface area contributed by atoms with Crippen molar-refractivity contribution in [3.05, 3.63) is 0 Å². The quantitative estimate of drug-likeness (QED) is 0.283. The molecule has 1 aliphatic heterocycles. The molecule has 0 unspecified atom stereocenters. The number of Topliss-reactive ketones (excluding diaryl/α,β-unsaturated/α-hetero) is 1. The molecule has 39 heavy (non-hydrogen) atoms. The fraction of sp³-hybridized carbons (Fsp3) is 0.935. The van der Waals surface area contributed by atoms with Gasteiger partial charge in [0.2, 0.25) is 0 Å². The van der Waals surface area contributed by atoms with E-state index < -0.39 is 10.1 Å².